The molecule has 1 heterocycles. The highest BCUT2D eigenvalue weighted by molar-refractivity contribution is 5.52. The first-order valence-corrected chi connectivity index (χ1v) is 7.58. The minimum absolute atomic E-state index is 0.137. The molecule has 0 amide bonds. The van der Waals surface area contributed by atoms with E-state index in [1.807, 2.05) is 0 Å². The Morgan fingerprint density at radius 2 is 2.23 bits per heavy atom. The van der Waals surface area contributed by atoms with E-state index in [9.17, 15) is 18.3 Å². The molecule has 2 atom stereocenters. The Balaban J connectivity index is 2.51. The number of nitrogens with two attached hydrogens (primary N) is 1. The number of hydrogen-bond acceptors (Lipinski definition) is 4. The summed E-state index contributed by atoms with van der Waals surface area (Å²) in [5.74, 6) is -3.63. The molecule has 138 valence electrons. The van der Waals surface area contributed by atoms with Gasteiger partial charge < -0.3 is 10.8 Å². The molecule has 2 aromatic rings. The second kappa shape index (κ2) is 7.96. The van der Waals surface area contributed by atoms with E-state index in [-0.39, 0.29) is 17.7 Å². The van der Waals surface area contributed by atoms with E-state index in [0.717, 1.165) is 24.7 Å². The lowest BCUT2D eigenvalue weighted by Crippen LogP contribution is -2.40. The summed E-state index contributed by atoms with van der Waals surface area (Å²) in [6.07, 6.45) is 4.26. The molecule has 0 spiro atoms. The molecule has 3 N–H and O–H groups in total. The Morgan fingerprint density at radius 3 is 2.81 bits per heavy atom. The van der Waals surface area contributed by atoms with Crippen molar-refractivity contribution in [2.75, 3.05) is 0 Å². The average Bonchev–Trinajstić information content (AvgIpc) is 3.10. The Bertz CT molecular complexity index is 835. The molecular weight excluding hydrogens is 347 g/mol. The SMILES string of the molecule is C=C(/C(F)=C\N=C/N)[C@H](C)[C@@](O)(Cn1cncn1)c1ccc(F)cc1F. The lowest BCUT2D eigenvalue weighted by Gasteiger charge is -2.35. The van der Waals surface area contributed by atoms with Crippen LogP contribution in [-0.2, 0) is 12.1 Å². The molecule has 0 bridgehead atoms. The minimum atomic E-state index is -1.99. The van der Waals surface area contributed by atoms with Crippen molar-refractivity contribution in [3.05, 3.63) is 72.2 Å². The fraction of sp³-hybridized carbons (Fsp3) is 0.235. The van der Waals surface area contributed by atoms with E-state index in [0.29, 0.717) is 6.07 Å². The summed E-state index contributed by atoms with van der Waals surface area (Å²) in [7, 11) is 0. The summed E-state index contributed by atoms with van der Waals surface area (Å²) < 4.78 is 43.1. The number of nitrogens with zero attached hydrogens (tertiary/aromatic N) is 4. The lowest BCUT2D eigenvalue weighted by atomic mass is 9.77. The zero-order valence-electron chi connectivity index (χ0n) is 14.0. The molecule has 0 saturated carbocycles. The van der Waals surface area contributed by atoms with Crippen molar-refractivity contribution in [2.24, 2.45) is 16.6 Å². The van der Waals surface area contributed by atoms with Crippen LogP contribution in [0.4, 0.5) is 13.2 Å². The summed E-state index contributed by atoms with van der Waals surface area (Å²) in [6, 6.07) is 2.75. The topological polar surface area (TPSA) is 89.3 Å². The van der Waals surface area contributed by atoms with Crippen LogP contribution in [0.1, 0.15) is 12.5 Å². The van der Waals surface area contributed by atoms with Crippen LogP contribution < -0.4 is 5.73 Å². The van der Waals surface area contributed by atoms with Crippen LogP contribution in [0.25, 0.3) is 0 Å². The van der Waals surface area contributed by atoms with E-state index in [1.165, 1.54) is 24.3 Å². The molecule has 1 aromatic heterocycles. The molecule has 1 aromatic carbocycles. The maximum atomic E-state index is 14.4. The van der Waals surface area contributed by atoms with Crippen LogP contribution in [0.5, 0.6) is 0 Å². The molecule has 26 heavy (non-hydrogen) atoms. The van der Waals surface area contributed by atoms with Crippen molar-refractivity contribution in [1.82, 2.24) is 14.8 Å². The predicted octanol–water partition coefficient (Wildman–Crippen LogP) is 2.43. The lowest BCUT2D eigenvalue weighted by molar-refractivity contribution is -0.0261. The normalized spacial score (nSPS) is 15.8. The first-order valence-electron chi connectivity index (χ1n) is 7.58. The maximum absolute atomic E-state index is 14.4. The highest BCUT2D eigenvalue weighted by Crippen LogP contribution is 2.39. The van der Waals surface area contributed by atoms with Crippen LogP contribution in [0.2, 0.25) is 0 Å². The van der Waals surface area contributed by atoms with Gasteiger partial charge in [-0.3, -0.25) is 0 Å². The number of aromatic nitrogens is 3. The predicted molar refractivity (Wildman–Crippen MR) is 90.5 cm³/mol. The molecule has 0 unspecified atom stereocenters. The molecule has 0 aliphatic carbocycles. The second-order valence-electron chi connectivity index (χ2n) is 5.66. The Kier molecular flexibility index (Phi) is 5.93. The fourth-order valence-corrected chi connectivity index (χ4v) is 2.54. The van der Waals surface area contributed by atoms with Crippen molar-refractivity contribution >= 4 is 6.34 Å². The number of aliphatic hydroxyl groups is 1. The zero-order chi connectivity index (χ0) is 19.3. The third kappa shape index (κ3) is 3.99. The Morgan fingerprint density at radius 1 is 1.50 bits per heavy atom. The molecule has 9 heteroatoms. The van der Waals surface area contributed by atoms with Crippen LogP contribution in [0, 0.1) is 17.6 Å². The first kappa shape index (κ1) is 19.4. The smallest absolute Gasteiger partial charge is 0.144 e. The van der Waals surface area contributed by atoms with E-state index in [4.69, 9.17) is 5.73 Å². The van der Waals surface area contributed by atoms with Gasteiger partial charge in [0.15, 0.2) is 0 Å². The van der Waals surface area contributed by atoms with Gasteiger partial charge in [-0.2, -0.15) is 5.10 Å². The number of hydrogen-bond donors (Lipinski definition) is 2. The Hall–Kier alpha value is -2.94. The monoisotopic (exact) mass is 365 g/mol. The highest BCUT2D eigenvalue weighted by atomic mass is 19.1. The van der Waals surface area contributed by atoms with Crippen LogP contribution in [-0.4, -0.2) is 26.2 Å². The average molecular weight is 365 g/mol. The highest BCUT2D eigenvalue weighted by Gasteiger charge is 2.41. The number of allylic oxidation sites excluding steroid dienone is 1. The zero-order valence-corrected chi connectivity index (χ0v) is 14.0. The van der Waals surface area contributed by atoms with Gasteiger partial charge in [-0.1, -0.05) is 19.6 Å². The van der Waals surface area contributed by atoms with Crippen LogP contribution >= 0.6 is 0 Å². The van der Waals surface area contributed by atoms with Gasteiger partial charge >= 0.3 is 0 Å². The maximum Gasteiger partial charge on any atom is 0.144 e. The molecular formula is C17H18F3N5O. The van der Waals surface area contributed by atoms with Crippen LogP contribution in [0.3, 0.4) is 0 Å². The summed E-state index contributed by atoms with van der Waals surface area (Å²) in [5.41, 5.74) is 2.72. The third-order valence-corrected chi connectivity index (χ3v) is 4.09. The minimum Gasteiger partial charge on any atom is -0.390 e. The fourth-order valence-electron chi connectivity index (χ4n) is 2.54. The molecule has 0 saturated heterocycles. The second-order valence-corrected chi connectivity index (χ2v) is 5.66. The van der Waals surface area contributed by atoms with E-state index >= 15 is 0 Å². The number of aliphatic imine (C=N–C) groups is 1. The van der Waals surface area contributed by atoms with Gasteiger partial charge in [0.05, 0.1) is 19.1 Å². The summed E-state index contributed by atoms with van der Waals surface area (Å²) in [4.78, 5) is 7.22. The third-order valence-electron chi connectivity index (χ3n) is 4.09. The van der Waals surface area contributed by atoms with Gasteiger partial charge in [0.1, 0.15) is 35.7 Å². The van der Waals surface area contributed by atoms with Gasteiger partial charge in [0.25, 0.3) is 0 Å². The molecule has 6 nitrogen and oxygen atoms in total. The van der Waals surface area contributed by atoms with Crippen LogP contribution in [0.15, 0.2) is 60.0 Å². The van der Waals surface area contributed by atoms with Gasteiger partial charge in [-0.25, -0.2) is 27.8 Å². The Labute approximate surface area is 148 Å². The first-order chi connectivity index (χ1) is 12.3. The van der Waals surface area contributed by atoms with Crippen molar-refractivity contribution in [3.63, 3.8) is 0 Å². The van der Waals surface area contributed by atoms with Gasteiger partial charge in [-0.05, 0) is 11.6 Å². The van der Waals surface area contributed by atoms with Crippen molar-refractivity contribution in [1.29, 1.82) is 0 Å². The van der Waals surface area contributed by atoms with Gasteiger partial charge in [0.2, 0.25) is 0 Å². The standard InChI is InChI=1S/C17H18F3N5O/c1-11(16(20)6-22-8-21)12(2)17(26,7-25-10-23-9-24-25)14-4-3-13(18)5-15(14)19/h3-6,8-10,12,26H,1,7H2,2H3,(H2,21,22)/b16-6+/t12-,17-/m0/s1. The van der Waals surface area contributed by atoms with Gasteiger partial charge in [0, 0.05) is 17.5 Å². The van der Waals surface area contributed by atoms with Crippen molar-refractivity contribution in [2.45, 2.75) is 19.1 Å². The van der Waals surface area contributed by atoms with Crippen molar-refractivity contribution < 1.29 is 18.3 Å². The summed E-state index contributed by atoms with van der Waals surface area (Å²) in [6.45, 7) is 4.81. The molecule has 0 aliphatic heterocycles. The van der Waals surface area contributed by atoms with E-state index in [2.05, 4.69) is 21.7 Å². The molecule has 0 fully saturated rings. The molecule has 2 rings (SSSR count). The molecule has 0 aliphatic rings. The number of benzene rings is 1. The summed E-state index contributed by atoms with van der Waals surface area (Å²) in [5, 5.41) is 15.2. The molecule has 0 radical (unpaired) electrons. The quantitative estimate of drug-likeness (QED) is 0.448. The largest absolute Gasteiger partial charge is 0.390 e. The summed E-state index contributed by atoms with van der Waals surface area (Å²) >= 11 is 0. The van der Waals surface area contributed by atoms with Gasteiger partial charge in [-0.15, -0.1) is 0 Å². The number of halogens is 3. The number of rotatable bonds is 7. The van der Waals surface area contributed by atoms with E-state index < -0.39 is 29.0 Å². The van der Waals surface area contributed by atoms with Crippen molar-refractivity contribution in [3.8, 4) is 0 Å². The van der Waals surface area contributed by atoms with E-state index in [1.54, 1.807) is 0 Å².